The Kier molecular flexibility index (Phi) is 5.29. The minimum atomic E-state index is -0.372. The summed E-state index contributed by atoms with van der Waals surface area (Å²) in [6.07, 6.45) is 0.954. The van der Waals surface area contributed by atoms with Gasteiger partial charge in [0.1, 0.15) is 17.9 Å². The van der Waals surface area contributed by atoms with Gasteiger partial charge in [-0.25, -0.2) is 9.20 Å². The molecule has 5 rings (SSSR count). The van der Waals surface area contributed by atoms with Crippen molar-refractivity contribution in [2.45, 2.75) is 33.4 Å². The molecule has 3 heterocycles. The van der Waals surface area contributed by atoms with Crippen LogP contribution in [0.15, 0.2) is 53.3 Å². The number of benzene rings is 2. The lowest BCUT2D eigenvalue weighted by atomic mass is 10.1. The second-order valence-electron chi connectivity index (χ2n) is 7.85. The molecule has 1 amide bonds. The molecule has 1 aliphatic rings. The van der Waals surface area contributed by atoms with Gasteiger partial charge in [-0.05, 0) is 42.7 Å². The van der Waals surface area contributed by atoms with E-state index in [1.54, 1.807) is 19.1 Å². The third-order valence-electron chi connectivity index (χ3n) is 5.61. The smallest absolute Gasteiger partial charge is 0.293 e. The van der Waals surface area contributed by atoms with Crippen LogP contribution in [0.2, 0.25) is 0 Å². The monoisotopic (exact) mass is 445 g/mol. The molecule has 168 valence electrons. The van der Waals surface area contributed by atoms with Crippen LogP contribution in [-0.4, -0.2) is 32.1 Å². The van der Waals surface area contributed by atoms with E-state index in [1.807, 2.05) is 36.4 Å². The summed E-state index contributed by atoms with van der Waals surface area (Å²) in [4.78, 5) is 25.5. The van der Waals surface area contributed by atoms with Crippen molar-refractivity contribution >= 4 is 11.4 Å². The second kappa shape index (κ2) is 8.42. The molecule has 9 nitrogen and oxygen atoms in total. The Morgan fingerprint density at radius 2 is 1.79 bits per heavy atom. The number of carbonyl (C=O) groups is 1. The van der Waals surface area contributed by atoms with Crippen molar-refractivity contribution in [3.05, 3.63) is 75.8 Å². The van der Waals surface area contributed by atoms with Gasteiger partial charge in [-0.3, -0.25) is 9.59 Å². The minimum absolute atomic E-state index is 0.188. The number of ether oxygens (including phenoxy) is 2. The van der Waals surface area contributed by atoms with Gasteiger partial charge in [0, 0.05) is 12.1 Å². The summed E-state index contributed by atoms with van der Waals surface area (Å²) in [5.41, 5.74) is 3.71. The molecule has 0 unspecified atom stereocenters. The number of rotatable bonds is 6. The molecule has 0 radical (unpaired) electrons. The number of hydrogen-bond donors (Lipinski definition) is 1. The fraction of sp³-hybridized carbons (Fsp3) is 0.250. The van der Waals surface area contributed by atoms with Crippen LogP contribution in [0.5, 0.6) is 11.5 Å². The fourth-order valence-electron chi connectivity index (χ4n) is 3.78. The van der Waals surface area contributed by atoms with E-state index in [9.17, 15) is 9.59 Å². The first-order chi connectivity index (χ1) is 16.0. The first kappa shape index (κ1) is 20.7. The first-order valence-electron chi connectivity index (χ1n) is 10.7. The molecule has 0 saturated carbocycles. The van der Waals surface area contributed by atoms with E-state index in [4.69, 9.17) is 9.47 Å². The molecule has 9 heteroatoms. The lowest BCUT2D eigenvalue weighted by Crippen LogP contribution is -2.34. The highest BCUT2D eigenvalue weighted by atomic mass is 16.7. The van der Waals surface area contributed by atoms with E-state index in [2.05, 4.69) is 22.4 Å². The van der Waals surface area contributed by atoms with Crippen LogP contribution < -0.4 is 20.3 Å². The van der Waals surface area contributed by atoms with Crippen LogP contribution >= 0.6 is 0 Å². The van der Waals surface area contributed by atoms with Crippen LogP contribution in [0.3, 0.4) is 0 Å². The van der Waals surface area contributed by atoms with Crippen LogP contribution in [0.25, 0.3) is 16.8 Å². The number of aryl methyl sites for hydroxylation is 2. The molecule has 0 spiro atoms. The molecule has 0 bridgehead atoms. The molecule has 0 fully saturated rings. The average molecular weight is 445 g/mol. The van der Waals surface area contributed by atoms with Crippen molar-refractivity contribution in [2.75, 3.05) is 6.79 Å². The standard InChI is InChI=1S/C24H23N5O4/c1-3-16-4-7-18(8-5-16)19-11-20-24(31)28(26-15(2)29(20)27-19)13-23(30)25-12-17-6-9-21-22(10-17)33-14-32-21/h4-11H,3,12-14H2,1-2H3,(H,25,30). The lowest BCUT2D eigenvalue weighted by Gasteiger charge is -2.09. The highest BCUT2D eigenvalue weighted by Gasteiger charge is 2.16. The summed E-state index contributed by atoms with van der Waals surface area (Å²) in [6, 6.07) is 15.3. The van der Waals surface area contributed by atoms with Crippen LogP contribution in [0.4, 0.5) is 0 Å². The fourth-order valence-corrected chi connectivity index (χ4v) is 3.78. The number of nitrogens with one attached hydrogen (secondary N) is 1. The van der Waals surface area contributed by atoms with Gasteiger partial charge in [0.15, 0.2) is 11.5 Å². The molecule has 33 heavy (non-hydrogen) atoms. The van der Waals surface area contributed by atoms with Gasteiger partial charge in [0.05, 0.1) is 5.69 Å². The van der Waals surface area contributed by atoms with Crippen LogP contribution in [0.1, 0.15) is 23.9 Å². The summed E-state index contributed by atoms with van der Waals surface area (Å²) in [5, 5.41) is 11.6. The molecule has 0 atom stereocenters. The highest BCUT2D eigenvalue weighted by Crippen LogP contribution is 2.32. The Balaban J connectivity index is 1.34. The maximum absolute atomic E-state index is 13.0. The van der Waals surface area contributed by atoms with E-state index < -0.39 is 0 Å². The third kappa shape index (κ3) is 4.05. The van der Waals surface area contributed by atoms with Crippen molar-refractivity contribution < 1.29 is 14.3 Å². The largest absolute Gasteiger partial charge is 0.454 e. The molecule has 2 aromatic carbocycles. The summed E-state index contributed by atoms with van der Waals surface area (Å²) in [6.45, 7) is 4.16. The Bertz CT molecular complexity index is 1410. The Morgan fingerprint density at radius 1 is 1.03 bits per heavy atom. The SMILES string of the molecule is CCc1ccc(-c2cc3c(=O)n(CC(=O)NCc4ccc5c(c4)OCO5)nc(C)n3n2)cc1. The zero-order valence-electron chi connectivity index (χ0n) is 18.4. The zero-order chi connectivity index (χ0) is 22.9. The Morgan fingerprint density at radius 3 is 2.58 bits per heavy atom. The predicted octanol–water partition coefficient (Wildman–Crippen LogP) is 2.47. The van der Waals surface area contributed by atoms with Crippen molar-refractivity contribution in [3.8, 4) is 22.8 Å². The number of nitrogens with zero attached hydrogens (tertiary/aromatic N) is 4. The maximum Gasteiger partial charge on any atom is 0.293 e. The van der Waals surface area contributed by atoms with Gasteiger partial charge in [0.2, 0.25) is 12.7 Å². The zero-order valence-corrected chi connectivity index (χ0v) is 18.4. The molecule has 2 aromatic heterocycles. The summed E-state index contributed by atoms with van der Waals surface area (Å²) >= 11 is 0. The van der Waals surface area contributed by atoms with Gasteiger partial charge in [-0.15, -0.1) is 0 Å². The predicted molar refractivity (Wildman–Crippen MR) is 121 cm³/mol. The third-order valence-corrected chi connectivity index (χ3v) is 5.61. The van der Waals surface area contributed by atoms with Crippen LogP contribution in [0, 0.1) is 6.92 Å². The molecule has 4 aromatic rings. The number of hydrogen-bond acceptors (Lipinski definition) is 6. The lowest BCUT2D eigenvalue weighted by molar-refractivity contribution is -0.122. The number of carbonyl (C=O) groups excluding carboxylic acids is 1. The van der Waals surface area contributed by atoms with E-state index >= 15 is 0 Å². The quantitative estimate of drug-likeness (QED) is 0.490. The molecule has 1 N–H and O–H groups in total. The molecular weight excluding hydrogens is 422 g/mol. The first-order valence-corrected chi connectivity index (χ1v) is 10.7. The van der Waals surface area contributed by atoms with Crippen molar-refractivity contribution in [2.24, 2.45) is 0 Å². The van der Waals surface area contributed by atoms with Gasteiger partial charge < -0.3 is 14.8 Å². The second-order valence-corrected chi connectivity index (χ2v) is 7.85. The Hall–Kier alpha value is -4.14. The number of amides is 1. The van der Waals surface area contributed by atoms with E-state index in [-0.39, 0.29) is 24.8 Å². The van der Waals surface area contributed by atoms with Gasteiger partial charge >= 0.3 is 0 Å². The van der Waals surface area contributed by atoms with E-state index in [0.717, 1.165) is 17.5 Å². The molecular formula is C24H23N5O4. The summed E-state index contributed by atoms with van der Waals surface area (Å²) in [7, 11) is 0. The number of fused-ring (bicyclic) bond motifs is 2. The van der Waals surface area contributed by atoms with E-state index in [0.29, 0.717) is 35.1 Å². The van der Waals surface area contributed by atoms with Gasteiger partial charge in [-0.2, -0.15) is 10.2 Å². The highest BCUT2D eigenvalue weighted by molar-refractivity contribution is 5.75. The van der Waals surface area contributed by atoms with Gasteiger partial charge in [0.25, 0.3) is 5.56 Å². The molecule has 1 aliphatic heterocycles. The van der Waals surface area contributed by atoms with Crippen molar-refractivity contribution in [3.63, 3.8) is 0 Å². The topological polar surface area (TPSA) is 99.8 Å². The minimum Gasteiger partial charge on any atom is -0.454 e. The normalized spacial score (nSPS) is 12.3. The molecule has 0 saturated heterocycles. The van der Waals surface area contributed by atoms with Crippen molar-refractivity contribution in [1.29, 1.82) is 0 Å². The van der Waals surface area contributed by atoms with Crippen molar-refractivity contribution in [1.82, 2.24) is 24.7 Å². The number of aromatic nitrogens is 4. The van der Waals surface area contributed by atoms with E-state index in [1.165, 1.54) is 14.8 Å². The van der Waals surface area contributed by atoms with Gasteiger partial charge in [-0.1, -0.05) is 37.3 Å². The summed E-state index contributed by atoms with van der Waals surface area (Å²) in [5.74, 6) is 1.54. The summed E-state index contributed by atoms with van der Waals surface area (Å²) < 4.78 is 13.3. The molecule has 0 aliphatic carbocycles. The van der Waals surface area contributed by atoms with Crippen LogP contribution in [-0.2, 0) is 24.3 Å². The maximum atomic E-state index is 13.0. The Labute approximate surface area is 189 Å². The average Bonchev–Trinajstić information content (AvgIpc) is 3.48.